The highest BCUT2D eigenvalue weighted by atomic mass is 14.7. The third kappa shape index (κ3) is 2.33. The highest BCUT2D eigenvalue weighted by Crippen LogP contribution is 2.12. The molecule has 0 aliphatic rings. The predicted octanol–water partition coefficient (Wildman–Crippen LogP) is 3.34. The number of rotatable bonds is 0. The molecule has 1 heteroatoms. The molecule has 0 N–H and O–H groups in total. The number of aryl methyl sites for hydroxylation is 2. The molecule has 0 saturated carbocycles. The van der Waals surface area contributed by atoms with E-state index in [4.69, 9.17) is 0 Å². The number of aromatic nitrogens is 1. The first-order valence-electron chi connectivity index (χ1n) is 4.52. The lowest BCUT2D eigenvalue weighted by Crippen LogP contribution is -1.92. The molecule has 12 heavy (non-hydrogen) atoms. The fraction of sp³-hybridized carbons (Fsp3) is 0.545. The van der Waals surface area contributed by atoms with Gasteiger partial charge in [-0.1, -0.05) is 13.8 Å². The number of pyridine rings is 1. The lowest BCUT2D eigenvalue weighted by Gasteiger charge is -2.05. The average molecular weight is 165 g/mol. The minimum Gasteiger partial charge on any atom is -0.261 e. The minimum atomic E-state index is 1.14. The van der Waals surface area contributed by atoms with Crippen LogP contribution in [0.25, 0.3) is 0 Å². The number of nitrogens with zero attached hydrogens (tertiary/aromatic N) is 1. The van der Waals surface area contributed by atoms with Crippen molar-refractivity contribution in [1.82, 2.24) is 4.98 Å². The van der Waals surface area contributed by atoms with Gasteiger partial charge < -0.3 is 0 Å². The van der Waals surface area contributed by atoms with Gasteiger partial charge >= 0.3 is 0 Å². The van der Waals surface area contributed by atoms with E-state index < -0.39 is 0 Å². The summed E-state index contributed by atoms with van der Waals surface area (Å²) in [7, 11) is 0. The molecule has 1 aromatic rings. The Morgan fingerprint density at radius 2 is 1.42 bits per heavy atom. The van der Waals surface area contributed by atoms with Crippen LogP contribution in [-0.2, 0) is 0 Å². The summed E-state index contributed by atoms with van der Waals surface area (Å²) in [6, 6.07) is 0. The van der Waals surface area contributed by atoms with Crippen LogP contribution in [-0.4, -0.2) is 4.98 Å². The second-order valence-electron chi connectivity index (χ2n) is 2.78. The van der Waals surface area contributed by atoms with E-state index in [0.29, 0.717) is 0 Å². The van der Waals surface area contributed by atoms with Crippen LogP contribution in [0.5, 0.6) is 0 Å². The maximum Gasteiger partial charge on any atom is 0.0404 e. The SMILES string of the molecule is CC.Cc1cnc(C)c(C)c1C. The fourth-order valence-corrected chi connectivity index (χ4v) is 0.954. The monoisotopic (exact) mass is 165 g/mol. The molecule has 1 aromatic heterocycles. The summed E-state index contributed by atoms with van der Waals surface area (Å²) in [6.07, 6.45) is 1.93. The van der Waals surface area contributed by atoms with E-state index in [9.17, 15) is 0 Å². The molecule has 0 bridgehead atoms. The zero-order valence-corrected chi connectivity index (χ0v) is 9.02. The molecule has 0 aromatic carbocycles. The summed E-state index contributed by atoms with van der Waals surface area (Å²) in [5, 5.41) is 0. The molecule has 0 atom stereocenters. The maximum atomic E-state index is 4.24. The molecule has 1 nitrogen and oxygen atoms in total. The number of hydrogen-bond acceptors (Lipinski definition) is 1. The van der Waals surface area contributed by atoms with Gasteiger partial charge in [0, 0.05) is 11.9 Å². The van der Waals surface area contributed by atoms with Crippen molar-refractivity contribution in [3.8, 4) is 0 Å². The Labute approximate surface area is 75.8 Å². The van der Waals surface area contributed by atoms with Crippen molar-refractivity contribution in [3.63, 3.8) is 0 Å². The van der Waals surface area contributed by atoms with E-state index in [-0.39, 0.29) is 0 Å². The zero-order valence-electron chi connectivity index (χ0n) is 9.02. The third-order valence-electron chi connectivity index (χ3n) is 2.15. The van der Waals surface area contributed by atoms with Crippen LogP contribution in [0.2, 0.25) is 0 Å². The normalized spacial score (nSPS) is 8.83. The molecule has 0 amide bonds. The molecule has 0 aliphatic heterocycles. The summed E-state index contributed by atoms with van der Waals surface area (Å²) >= 11 is 0. The van der Waals surface area contributed by atoms with Gasteiger partial charge in [0.05, 0.1) is 0 Å². The van der Waals surface area contributed by atoms with Crippen molar-refractivity contribution < 1.29 is 0 Å². The van der Waals surface area contributed by atoms with Crippen molar-refractivity contribution in [2.24, 2.45) is 0 Å². The summed E-state index contributed by atoms with van der Waals surface area (Å²) in [5.41, 5.74) is 5.11. The summed E-state index contributed by atoms with van der Waals surface area (Å²) in [5.74, 6) is 0. The molecule has 0 spiro atoms. The van der Waals surface area contributed by atoms with Gasteiger partial charge in [-0.3, -0.25) is 4.98 Å². The standard InChI is InChI=1S/C9H13N.C2H6/c1-6-5-10-9(4)8(3)7(6)2;1-2/h5H,1-4H3;1-2H3. The highest BCUT2D eigenvalue weighted by Gasteiger charge is 1.98. The van der Waals surface area contributed by atoms with Crippen LogP contribution in [0.3, 0.4) is 0 Å². The predicted molar refractivity (Wildman–Crippen MR) is 54.5 cm³/mol. The van der Waals surface area contributed by atoms with Crippen LogP contribution in [0.4, 0.5) is 0 Å². The molecule has 1 rings (SSSR count). The first-order chi connectivity index (χ1) is 5.63. The summed E-state index contributed by atoms with van der Waals surface area (Å²) in [6.45, 7) is 12.4. The molecule has 0 radical (unpaired) electrons. The Hall–Kier alpha value is -0.850. The van der Waals surface area contributed by atoms with Gasteiger partial charge in [0.1, 0.15) is 0 Å². The van der Waals surface area contributed by atoms with Gasteiger partial charge in [0.15, 0.2) is 0 Å². The van der Waals surface area contributed by atoms with Gasteiger partial charge in [-0.05, 0) is 44.4 Å². The lowest BCUT2D eigenvalue weighted by molar-refractivity contribution is 1.09. The molecular weight excluding hydrogens is 146 g/mol. The average Bonchev–Trinajstić information content (AvgIpc) is 2.12. The zero-order chi connectivity index (χ0) is 9.72. The van der Waals surface area contributed by atoms with Gasteiger partial charge in [0.2, 0.25) is 0 Å². The second-order valence-corrected chi connectivity index (χ2v) is 2.78. The fourth-order valence-electron chi connectivity index (χ4n) is 0.954. The van der Waals surface area contributed by atoms with Gasteiger partial charge in [-0.15, -0.1) is 0 Å². The van der Waals surface area contributed by atoms with Gasteiger partial charge in [-0.25, -0.2) is 0 Å². The first kappa shape index (κ1) is 11.2. The van der Waals surface area contributed by atoms with Crippen molar-refractivity contribution in [2.45, 2.75) is 41.5 Å². The largest absolute Gasteiger partial charge is 0.261 e. The van der Waals surface area contributed by atoms with E-state index >= 15 is 0 Å². The Bertz CT molecular complexity index is 224. The molecule has 0 aliphatic carbocycles. The molecule has 68 valence electrons. The first-order valence-corrected chi connectivity index (χ1v) is 4.52. The van der Waals surface area contributed by atoms with Crippen molar-refractivity contribution in [1.29, 1.82) is 0 Å². The quantitative estimate of drug-likeness (QED) is 0.574. The molecule has 0 fully saturated rings. The van der Waals surface area contributed by atoms with Crippen LogP contribution in [0.1, 0.15) is 36.2 Å². The highest BCUT2D eigenvalue weighted by molar-refractivity contribution is 5.32. The molecule has 0 unspecified atom stereocenters. The molecular formula is C11H19N. The Morgan fingerprint density at radius 1 is 0.917 bits per heavy atom. The third-order valence-corrected chi connectivity index (χ3v) is 2.15. The Morgan fingerprint density at radius 3 is 1.83 bits per heavy atom. The smallest absolute Gasteiger partial charge is 0.0404 e. The van der Waals surface area contributed by atoms with Crippen LogP contribution in [0.15, 0.2) is 6.20 Å². The van der Waals surface area contributed by atoms with E-state index in [1.807, 2.05) is 27.0 Å². The number of hydrogen-bond donors (Lipinski definition) is 0. The topological polar surface area (TPSA) is 12.9 Å². The van der Waals surface area contributed by atoms with Crippen LogP contribution in [0, 0.1) is 27.7 Å². The van der Waals surface area contributed by atoms with Crippen LogP contribution < -0.4 is 0 Å². The summed E-state index contributed by atoms with van der Waals surface area (Å²) < 4.78 is 0. The van der Waals surface area contributed by atoms with E-state index in [1.54, 1.807) is 0 Å². The van der Waals surface area contributed by atoms with Gasteiger partial charge in [0.25, 0.3) is 0 Å². The molecule has 0 saturated heterocycles. The van der Waals surface area contributed by atoms with E-state index in [2.05, 4.69) is 25.8 Å². The minimum absolute atomic E-state index is 1.14. The van der Waals surface area contributed by atoms with Gasteiger partial charge in [-0.2, -0.15) is 0 Å². The summed E-state index contributed by atoms with van der Waals surface area (Å²) in [4.78, 5) is 4.24. The van der Waals surface area contributed by atoms with E-state index in [1.165, 1.54) is 16.7 Å². The van der Waals surface area contributed by atoms with Crippen LogP contribution >= 0.6 is 0 Å². The lowest BCUT2D eigenvalue weighted by atomic mass is 10.1. The molecule has 1 heterocycles. The maximum absolute atomic E-state index is 4.24. The van der Waals surface area contributed by atoms with Crippen molar-refractivity contribution in [3.05, 3.63) is 28.6 Å². The second kappa shape index (κ2) is 4.91. The Kier molecular flexibility index (Phi) is 4.57. The van der Waals surface area contributed by atoms with Crippen molar-refractivity contribution in [2.75, 3.05) is 0 Å². The van der Waals surface area contributed by atoms with Crippen molar-refractivity contribution >= 4 is 0 Å². The van der Waals surface area contributed by atoms with E-state index in [0.717, 1.165) is 5.69 Å². The Balaban J connectivity index is 0.000000561.